The summed E-state index contributed by atoms with van der Waals surface area (Å²) in [5, 5.41) is 8.24. The minimum Gasteiger partial charge on any atom is -0.314 e. The van der Waals surface area contributed by atoms with E-state index >= 15 is 0 Å². The first-order valence-electron chi connectivity index (χ1n) is 7.97. The van der Waals surface area contributed by atoms with Gasteiger partial charge in [-0.2, -0.15) is 5.10 Å². The van der Waals surface area contributed by atoms with Crippen LogP contribution in [0.15, 0.2) is 6.07 Å². The normalized spacial score (nSPS) is 12.8. The van der Waals surface area contributed by atoms with E-state index in [1.54, 1.807) is 0 Å². The topological polar surface area (TPSA) is 29.9 Å². The Morgan fingerprint density at radius 1 is 1.21 bits per heavy atom. The predicted molar refractivity (Wildman–Crippen MR) is 82.6 cm³/mol. The van der Waals surface area contributed by atoms with Crippen LogP contribution in [0.4, 0.5) is 0 Å². The van der Waals surface area contributed by atoms with Gasteiger partial charge in [0.1, 0.15) is 0 Å². The number of hydrogen-bond acceptors (Lipinski definition) is 2. The summed E-state index contributed by atoms with van der Waals surface area (Å²) in [6.07, 6.45) is 7.57. The van der Waals surface area contributed by atoms with Crippen LogP contribution in [-0.2, 0) is 13.0 Å². The second-order valence-electron chi connectivity index (χ2n) is 5.44. The Labute approximate surface area is 118 Å². The van der Waals surface area contributed by atoms with Gasteiger partial charge in [0, 0.05) is 24.7 Å². The summed E-state index contributed by atoms with van der Waals surface area (Å²) in [5.74, 6) is 0. The van der Waals surface area contributed by atoms with Crippen LogP contribution < -0.4 is 5.32 Å². The second-order valence-corrected chi connectivity index (χ2v) is 5.44. The van der Waals surface area contributed by atoms with Crippen LogP contribution in [0.25, 0.3) is 0 Å². The van der Waals surface area contributed by atoms with Gasteiger partial charge in [0.25, 0.3) is 0 Å². The Bertz CT molecular complexity index is 344. The summed E-state index contributed by atoms with van der Waals surface area (Å²) in [6, 6.07) is 2.84. The van der Waals surface area contributed by atoms with Crippen LogP contribution in [0.1, 0.15) is 64.3 Å². The third-order valence-electron chi connectivity index (χ3n) is 3.58. The van der Waals surface area contributed by atoms with Crippen molar-refractivity contribution in [1.29, 1.82) is 0 Å². The molecule has 1 aromatic rings. The van der Waals surface area contributed by atoms with Crippen molar-refractivity contribution in [3.05, 3.63) is 17.5 Å². The first-order valence-corrected chi connectivity index (χ1v) is 7.97. The first kappa shape index (κ1) is 16.2. The highest BCUT2D eigenvalue weighted by atomic mass is 15.3. The zero-order valence-electron chi connectivity index (χ0n) is 13.2. The third kappa shape index (κ3) is 5.77. The van der Waals surface area contributed by atoms with Gasteiger partial charge in [-0.3, -0.25) is 4.68 Å². The molecule has 0 saturated carbocycles. The molecule has 0 aliphatic carbocycles. The van der Waals surface area contributed by atoms with E-state index in [1.165, 1.54) is 37.8 Å². The van der Waals surface area contributed by atoms with E-state index in [-0.39, 0.29) is 0 Å². The van der Waals surface area contributed by atoms with Gasteiger partial charge in [0.05, 0.1) is 5.69 Å². The fourth-order valence-electron chi connectivity index (χ4n) is 2.56. The van der Waals surface area contributed by atoms with Gasteiger partial charge in [-0.05, 0) is 39.3 Å². The number of rotatable bonds is 10. The summed E-state index contributed by atoms with van der Waals surface area (Å²) < 4.78 is 2.15. The smallest absolute Gasteiger partial charge is 0.0596 e. The van der Waals surface area contributed by atoms with Crippen LogP contribution >= 0.6 is 0 Å². The molecule has 0 saturated heterocycles. The van der Waals surface area contributed by atoms with Crippen molar-refractivity contribution >= 4 is 0 Å². The Morgan fingerprint density at radius 2 is 2.00 bits per heavy atom. The molecular weight excluding hydrogens is 234 g/mol. The summed E-state index contributed by atoms with van der Waals surface area (Å²) in [7, 11) is 0. The van der Waals surface area contributed by atoms with Crippen molar-refractivity contribution in [2.45, 2.75) is 78.8 Å². The number of aryl methyl sites for hydroxylation is 2. The van der Waals surface area contributed by atoms with Gasteiger partial charge in [0.15, 0.2) is 0 Å². The summed E-state index contributed by atoms with van der Waals surface area (Å²) in [4.78, 5) is 0. The standard InChI is InChI=1S/C16H31N3/c1-5-8-9-10-15(17-11-6-2)13-16-12-14(4)18-19(16)7-3/h12,15,17H,5-11,13H2,1-4H3. The predicted octanol–water partition coefficient (Wildman–Crippen LogP) is 3.70. The van der Waals surface area contributed by atoms with Crippen molar-refractivity contribution in [2.75, 3.05) is 6.54 Å². The number of nitrogens with zero attached hydrogens (tertiary/aromatic N) is 2. The molecule has 1 heterocycles. The molecule has 3 heteroatoms. The maximum atomic E-state index is 4.55. The zero-order valence-corrected chi connectivity index (χ0v) is 13.2. The lowest BCUT2D eigenvalue weighted by Crippen LogP contribution is -2.32. The molecule has 0 spiro atoms. The fourth-order valence-corrected chi connectivity index (χ4v) is 2.56. The number of aromatic nitrogens is 2. The van der Waals surface area contributed by atoms with E-state index in [9.17, 15) is 0 Å². The molecule has 0 aliphatic rings. The largest absolute Gasteiger partial charge is 0.314 e. The van der Waals surface area contributed by atoms with Gasteiger partial charge in [-0.1, -0.05) is 33.1 Å². The first-order chi connectivity index (χ1) is 9.21. The van der Waals surface area contributed by atoms with Gasteiger partial charge >= 0.3 is 0 Å². The quantitative estimate of drug-likeness (QED) is 0.654. The molecule has 1 rings (SSSR count). The highest BCUT2D eigenvalue weighted by Gasteiger charge is 2.12. The summed E-state index contributed by atoms with van der Waals surface area (Å²) >= 11 is 0. The van der Waals surface area contributed by atoms with Gasteiger partial charge < -0.3 is 5.32 Å². The Balaban J connectivity index is 2.58. The minimum atomic E-state index is 0.605. The number of nitrogens with one attached hydrogen (secondary N) is 1. The molecule has 0 amide bonds. The molecule has 0 fully saturated rings. The third-order valence-corrected chi connectivity index (χ3v) is 3.58. The highest BCUT2D eigenvalue weighted by Crippen LogP contribution is 2.12. The summed E-state index contributed by atoms with van der Waals surface area (Å²) in [6.45, 7) is 10.8. The molecule has 0 radical (unpaired) electrons. The lowest BCUT2D eigenvalue weighted by atomic mass is 10.0. The Kier molecular flexibility index (Phi) is 7.80. The fraction of sp³-hybridized carbons (Fsp3) is 0.812. The van der Waals surface area contributed by atoms with Gasteiger partial charge in [-0.25, -0.2) is 0 Å². The molecule has 0 bridgehead atoms. The van der Waals surface area contributed by atoms with Crippen LogP contribution in [0.2, 0.25) is 0 Å². The lowest BCUT2D eigenvalue weighted by molar-refractivity contribution is 0.442. The van der Waals surface area contributed by atoms with Crippen LogP contribution in [-0.4, -0.2) is 22.4 Å². The van der Waals surface area contributed by atoms with Crippen molar-refractivity contribution in [3.63, 3.8) is 0 Å². The van der Waals surface area contributed by atoms with Gasteiger partial charge in [0.2, 0.25) is 0 Å². The van der Waals surface area contributed by atoms with Crippen LogP contribution in [0, 0.1) is 6.92 Å². The van der Waals surface area contributed by atoms with Crippen molar-refractivity contribution in [1.82, 2.24) is 15.1 Å². The molecule has 3 nitrogen and oxygen atoms in total. The molecule has 1 atom stereocenters. The van der Waals surface area contributed by atoms with E-state index in [0.717, 1.165) is 25.2 Å². The summed E-state index contributed by atoms with van der Waals surface area (Å²) in [5.41, 5.74) is 2.52. The minimum absolute atomic E-state index is 0.605. The maximum absolute atomic E-state index is 4.55. The Morgan fingerprint density at radius 3 is 2.63 bits per heavy atom. The van der Waals surface area contributed by atoms with Crippen LogP contribution in [0.3, 0.4) is 0 Å². The average Bonchev–Trinajstić information content (AvgIpc) is 2.76. The molecular formula is C16H31N3. The van der Waals surface area contributed by atoms with Crippen molar-refractivity contribution in [2.24, 2.45) is 0 Å². The molecule has 0 aliphatic heterocycles. The van der Waals surface area contributed by atoms with Crippen LogP contribution in [0.5, 0.6) is 0 Å². The highest BCUT2D eigenvalue weighted by molar-refractivity contribution is 5.10. The SMILES string of the molecule is CCCCCC(Cc1cc(C)nn1CC)NCCC. The van der Waals surface area contributed by atoms with E-state index in [4.69, 9.17) is 0 Å². The number of hydrogen-bond donors (Lipinski definition) is 1. The van der Waals surface area contributed by atoms with E-state index in [0.29, 0.717) is 6.04 Å². The average molecular weight is 265 g/mol. The molecule has 0 aromatic carbocycles. The van der Waals surface area contributed by atoms with E-state index in [1.807, 2.05) is 0 Å². The molecule has 1 unspecified atom stereocenters. The van der Waals surface area contributed by atoms with Gasteiger partial charge in [-0.15, -0.1) is 0 Å². The molecule has 110 valence electrons. The maximum Gasteiger partial charge on any atom is 0.0596 e. The second kappa shape index (κ2) is 9.13. The number of unbranched alkanes of at least 4 members (excludes halogenated alkanes) is 2. The van der Waals surface area contributed by atoms with Crippen molar-refractivity contribution < 1.29 is 0 Å². The zero-order chi connectivity index (χ0) is 14.1. The Hall–Kier alpha value is -0.830. The molecule has 1 aromatic heterocycles. The lowest BCUT2D eigenvalue weighted by Gasteiger charge is -2.19. The monoisotopic (exact) mass is 265 g/mol. The molecule has 1 N–H and O–H groups in total. The van der Waals surface area contributed by atoms with Crippen molar-refractivity contribution in [3.8, 4) is 0 Å². The van der Waals surface area contributed by atoms with E-state index < -0.39 is 0 Å². The van der Waals surface area contributed by atoms with E-state index in [2.05, 4.69) is 48.9 Å². The molecule has 19 heavy (non-hydrogen) atoms.